The van der Waals surface area contributed by atoms with Crippen LogP contribution in [0.4, 0.5) is 65.9 Å². The Balaban J connectivity index is 1.06. The summed E-state index contributed by atoms with van der Waals surface area (Å²) in [5.74, 6) is -15.3. The van der Waals surface area contributed by atoms with Crippen molar-refractivity contribution in [2.75, 3.05) is 6.61 Å². The number of esters is 1. The lowest BCUT2D eigenvalue weighted by molar-refractivity contribution is -0.0900. The zero-order valence-electron chi connectivity index (χ0n) is 36.3. The predicted molar refractivity (Wildman–Crippen MR) is 218 cm³/mol. The number of hydrogen-bond acceptors (Lipinski definition) is 11. The van der Waals surface area contributed by atoms with Crippen molar-refractivity contribution in [3.05, 3.63) is 29.8 Å². The van der Waals surface area contributed by atoms with Crippen molar-refractivity contribution in [2.24, 2.45) is 47.3 Å². The Kier molecular flexibility index (Phi) is 14.0. The molecule has 10 rings (SSSR count). The zero-order valence-corrected chi connectivity index (χ0v) is 37.1. The van der Waals surface area contributed by atoms with Crippen molar-refractivity contribution in [2.45, 2.75) is 172 Å². The molecular weight excluding hydrogens is 978 g/mol. The molecule has 9 aliphatic rings. The molecule has 4 saturated carbocycles. The summed E-state index contributed by atoms with van der Waals surface area (Å²) in [5, 5.41) is 20.7. The summed E-state index contributed by atoms with van der Waals surface area (Å²) < 4.78 is 243. The molecule has 0 amide bonds. The maximum absolute atomic E-state index is 16.7. The molecule has 1 aromatic carbocycles. The van der Waals surface area contributed by atoms with Gasteiger partial charge in [-0.25, -0.2) is 70.7 Å². The van der Waals surface area contributed by atoms with Crippen LogP contribution >= 0.6 is 11.8 Å². The first-order valence-electron chi connectivity index (χ1n) is 23.5. The summed E-state index contributed by atoms with van der Waals surface area (Å²) >= 11 is 0.711. The van der Waals surface area contributed by atoms with E-state index in [0.29, 0.717) is 18.2 Å². The second-order valence-corrected chi connectivity index (χ2v) is 21.3. The van der Waals surface area contributed by atoms with Gasteiger partial charge in [-0.2, -0.15) is 0 Å². The molecule has 32 unspecified atom stereocenters. The maximum atomic E-state index is 16.7. The Hall–Kier alpha value is -2.33. The number of hydrogen-bond donors (Lipinski definition) is 8. The molecule has 0 aromatic heterocycles. The first-order chi connectivity index (χ1) is 32.8. The average Bonchev–Trinajstić information content (AvgIpc) is 4.08. The van der Waals surface area contributed by atoms with Gasteiger partial charge in [-0.3, -0.25) is 42.5 Å². The minimum absolute atomic E-state index is 0.113. The number of carbonyl (C=O) groups is 1. The Morgan fingerprint density at radius 3 is 0.957 bits per heavy atom. The summed E-state index contributed by atoms with van der Waals surface area (Å²) in [5.41, 5.74) is 0.113. The van der Waals surface area contributed by atoms with E-state index in [4.69, 9.17) is 4.74 Å². The quantitative estimate of drug-likeness (QED) is 0.117. The number of rotatable bonds is 6. The van der Waals surface area contributed by atoms with Gasteiger partial charge in [0.05, 0.1) is 61.5 Å². The van der Waals surface area contributed by atoms with E-state index in [1.807, 2.05) is 6.92 Å². The highest BCUT2D eigenvalue weighted by Crippen LogP contribution is 2.53. The van der Waals surface area contributed by atoms with Crippen LogP contribution in [-0.2, 0) is 4.74 Å². The van der Waals surface area contributed by atoms with Crippen LogP contribution in [0.25, 0.3) is 0 Å². The summed E-state index contributed by atoms with van der Waals surface area (Å²) in [6.45, 7) is 2.03. The molecule has 5 heterocycles. The van der Waals surface area contributed by atoms with E-state index >= 15 is 65.9 Å². The number of unbranched alkanes of at least 4 members (excludes halogenated alkanes) is 1. The Labute approximate surface area is 390 Å². The smallest absolute Gasteiger partial charge is 0.338 e. The number of ether oxygens (including phenoxy) is 1. The molecule has 8 N–H and O–H groups in total. The van der Waals surface area contributed by atoms with Gasteiger partial charge in [0.1, 0.15) is 49.4 Å². The van der Waals surface area contributed by atoms with Gasteiger partial charge in [0.15, 0.2) is 43.2 Å². The molecule has 1 aromatic rings. The molecular formula is C43H53F15N8O2S. The minimum Gasteiger partial charge on any atom is -0.462 e. The fourth-order valence-electron chi connectivity index (χ4n) is 13.1. The number of benzene rings is 1. The van der Waals surface area contributed by atoms with E-state index in [-0.39, 0.29) is 17.1 Å². The third kappa shape index (κ3) is 8.16. The number of fused-ring (bicyclic) bond motifs is 20. The molecule has 4 aliphatic carbocycles. The molecule has 10 nitrogen and oxygen atoms in total. The number of nitrogens with one attached hydrogen (secondary N) is 8. The van der Waals surface area contributed by atoms with Crippen LogP contribution in [0.1, 0.15) is 30.1 Å². The first-order valence-corrected chi connectivity index (χ1v) is 24.4. The molecule has 9 fully saturated rings. The largest absolute Gasteiger partial charge is 0.462 e. The van der Waals surface area contributed by atoms with E-state index in [2.05, 4.69) is 42.5 Å². The second kappa shape index (κ2) is 19.2. The van der Waals surface area contributed by atoms with Crippen molar-refractivity contribution >= 4 is 17.7 Å². The van der Waals surface area contributed by atoms with Crippen molar-refractivity contribution in [3.8, 4) is 0 Å². The summed E-state index contributed by atoms with van der Waals surface area (Å²) in [7, 11) is 0. The van der Waals surface area contributed by atoms with Gasteiger partial charge in [0.25, 0.3) is 0 Å². The van der Waals surface area contributed by atoms with Gasteiger partial charge in [0.2, 0.25) is 0 Å². The fourth-order valence-corrected chi connectivity index (χ4v) is 14.5. The Bertz CT molecular complexity index is 2000. The lowest BCUT2D eigenvalue weighted by Gasteiger charge is -2.44. The van der Waals surface area contributed by atoms with Crippen molar-refractivity contribution in [1.29, 1.82) is 0 Å². The van der Waals surface area contributed by atoms with Crippen LogP contribution in [0.2, 0.25) is 0 Å². The van der Waals surface area contributed by atoms with Gasteiger partial charge in [0, 0.05) is 57.5 Å². The van der Waals surface area contributed by atoms with E-state index in [0.717, 1.165) is 6.42 Å². The monoisotopic (exact) mass is 1030 g/mol. The highest BCUT2D eigenvalue weighted by molar-refractivity contribution is 8.00. The zero-order chi connectivity index (χ0) is 49.2. The number of thioether (sulfide) groups is 1. The molecule has 69 heavy (non-hydrogen) atoms. The fraction of sp³-hybridized carbons (Fsp3) is 0.837. The van der Waals surface area contributed by atoms with Gasteiger partial charge in [-0.1, -0.05) is 13.3 Å². The van der Waals surface area contributed by atoms with Gasteiger partial charge in [-0.15, -0.1) is 11.8 Å². The number of halogens is 15. The summed E-state index contributed by atoms with van der Waals surface area (Å²) in [6.07, 6.45) is -55.6. The van der Waals surface area contributed by atoms with Crippen molar-refractivity contribution in [3.63, 3.8) is 0 Å². The van der Waals surface area contributed by atoms with E-state index in [9.17, 15) is 4.79 Å². The minimum atomic E-state index is -3.07. The number of carbonyl (C=O) groups excluding carboxylic acids is 1. The van der Waals surface area contributed by atoms with Crippen LogP contribution in [-0.4, -0.2) is 160 Å². The van der Waals surface area contributed by atoms with E-state index in [1.54, 1.807) is 0 Å². The lowest BCUT2D eigenvalue weighted by Crippen LogP contribution is -2.62. The lowest BCUT2D eigenvalue weighted by atomic mass is 9.72. The van der Waals surface area contributed by atoms with Crippen LogP contribution in [0.15, 0.2) is 29.2 Å². The topological polar surface area (TPSA) is 123 Å². The van der Waals surface area contributed by atoms with Gasteiger partial charge >= 0.3 is 5.97 Å². The normalized spacial score (nSPS) is 55.7. The van der Waals surface area contributed by atoms with Gasteiger partial charge < -0.3 is 4.74 Å². The Morgan fingerprint density at radius 2 is 0.667 bits per heavy atom. The second-order valence-electron chi connectivity index (χ2n) is 20.0. The maximum Gasteiger partial charge on any atom is 0.338 e. The molecule has 5 aliphatic heterocycles. The summed E-state index contributed by atoms with van der Waals surface area (Å²) in [4.78, 5) is 12.9. The van der Waals surface area contributed by atoms with E-state index in [1.165, 1.54) is 24.3 Å². The van der Waals surface area contributed by atoms with E-state index < -0.39 is 200 Å². The Morgan fingerprint density at radius 1 is 0.406 bits per heavy atom. The first kappa shape index (κ1) is 50.2. The standard InChI is InChI=1S/C43H53F15N8O2S/c1-2-3-8-68-43(67)9-4-6-10(7-5-9)69-34-18-17(25(50)32(57)33(34)58)41-64-39-14-13(21(46)28(53)29(54)22(14)47)37(62-39)60-35-11-12(20(45)27(52)26(51)19(11)44)36(59-35)61-38-15-16(40(63-38)65-42(18)66-41)24(49)31(56)30(55)23(15)48/h4-7,11-42,59-66H,2-3,8H2,1H3. The third-order valence-corrected chi connectivity index (χ3v) is 17.8. The van der Waals surface area contributed by atoms with Crippen LogP contribution < -0.4 is 42.5 Å². The molecule has 388 valence electrons. The third-order valence-electron chi connectivity index (χ3n) is 16.4. The number of alkyl halides is 15. The highest BCUT2D eigenvalue weighted by Gasteiger charge is 2.69. The summed E-state index contributed by atoms with van der Waals surface area (Å²) in [6, 6.07) is 5.51. The SMILES string of the molecule is CCCCOC(=O)c1ccc(SC2C(F)C(F)C(F)C3C4NC5NC(NC6NC(NC7NC(NC(N4)C23)C2C(F)C(F)C(F)C(F)C72)C2C(F)C(F)C(F)C(F)C62)C2C(F)C(F)C(F)C(F)C52)cc1. The molecule has 32 atom stereocenters. The van der Waals surface area contributed by atoms with Crippen LogP contribution in [0.5, 0.6) is 0 Å². The van der Waals surface area contributed by atoms with Crippen molar-refractivity contribution < 1.29 is 75.4 Å². The molecule has 8 bridgehead atoms. The van der Waals surface area contributed by atoms with Crippen LogP contribution in [0.3, 0.4) is 0 Å². The highest BCUT2D eigenvalue weighted by atomic mass is 32.2. The van der Waals surface area contributed by atoms with Crippen LogP contribution in [0, 0.1) is 47.3 Å². The molecule has 0 spiro atoms. The van der Waals surface area contributed by atoms with Crippen molar-refractivity contribution in [1.82, 2.24) is 42.5 Å². The molecule has 5 saturated heterocycles. The molecule has 26 heteroatoms. The molecule has 0 radical (unpaired) electrons. The predicted octanol–water partition coefficient (Wildman–Crippen LogP) is 4.55. The van der Waals surface area contributed by atoms with Gasteiger partial charge in [-0.05, 0) is 30.7 Å². The average molecular weight is 1030 g/mol.